The van der Waals surface area contributed by atoms with Crippen LogP contribution >= 0.6 is 0 Å². The predicted molar refractivity (Wildman–Crippen MR) is 360 cm³/mol. The summed E-state index contributed by atoms with van der Waals surface area (Å²) in [5.74, 6) is -0.301. The van der Waals surface area contributed by atoms with Crippen molar-refractivity contribution in [2.75, 3.05) is 26.4 Å². The van der Waals surface area contributed by atoms with E-state index in [1.807, 2.05) is 6.08 Å². The van der Waals surface area contributed by atoms with E-state index in [4.69, 9.17) is 28.4 Å². The fourth-order valence-corrected chi connectivity index (χ4v) is 11.1. The van der Waals surface area contributed by atoms with Crippen LogP contribution in [0.3, 0.4) is 0 Å². The average Bonchev–Trinajstić information content (AvgIpc) is 0.834. The second-order valence-electron chi connectivity index (χ2n) is 24.6. The molecule has 17 atom stereocenters. The van der Waals surface area contributed by atoms with Crippen molar-refractivity contribution in [3.05, 3.63) is 109 Å². The lowest BCUT2D eigenvalue weighted by Crippen LogP contribution is -2.66. The lowest BCUT2D eigenvalue weighted by Gasteiger charge is -2.48. The Morgan fingerprint density at radius 3 is 1.22 bits per heavy atom. The smallest absolute Gasteiger partial charge is 0.220 e. The number of hydrogen-bond acceptors (Lipinski definition) is 18. The molecule has 1 amide bonds. The van der Waals surface area contributed by atoms with Gasteiger partial charge in [0.1, 0.15) is 73.2 Å². The van der Waals surface area contributed by atoms with E-state index < -0.39 is 124 Å². The molecule has 3 rings (SSSR count). The number of amides is 1. The first kappa shape index (κ1) is 82.7. The molecule has 0 radical (unpaired) electrons. The Morgan fingerprint density at radius 2 is 0.761 bits per heavy atom. The Labute approximate surface area is 551 Å². The monoisotopic (exact) mass is 1300 g/mol. The number of aliphatic hydroxyl groups excluding tert-OH is 11. The minimum absolute atomic E-state index is 0.215. The number of ether oxygens (including phenoxy) is 6. The molecular formula is C73H123NO18. The van der Waals surface area contributed by atoms with Gasteiger partial charge in [-0.25, -0.2) is 0 Å². The normalized spacial score (nSPS) is 28.4. The van der Waals surface area contributed by atoms with E-state index in [9.17, 15) is 61.0 Å². The molecule has 0 bridgehead atoms. The quantitative estimate of drug-likeness (QED) is 0.0199. The second kappa shape index (κ2) is 53.6. The van der Waals surface area contributed by atoms with Crippen LogP contribution in [0.1, 0.15) is 213 Å². The van der Waals surface area contributed by atoms with Crippen LogP contribution in [0.25, 0.3) is 0 Å². The fraction of sp³-hybridized carbons (Fsp3) is 0.740. The second-order valence-corrected chi connectivity index (χ2v) is 24.6. The lowest BCUT2D eigenvalue weighted by atomic mass is 9.96. The highest BCUT2D eigenvalue weighted by Crippen LogP contribution is 2.33. The van der Waals surface area contributed by atoms with Gasteiger partial charge in [0.05, 0.1) is 38.6 Å². The van der Waals surface area contributed by atoms with E-state index in [0.717, 1.165) is 109 Å². The maximum Gasteiger partial charge on any atom is 0.220 e. The largest absolute Gasteiger partial charge is 0.394 e. The van der Waals surface area contributed by atoms with Gasteiger partial charge in [0, 0.05) is 6.42 Å². The zero-order valence-electron chi connectivity index (χ0n) is 55.7. The number of carbonyl (C=O) groups excluding carboxylic acids is 1. The average molecular weight is 1300 g/mol. The minimum atomic E-state index is -1.99. The molecule has 19 heteroatoms. The number of carbonyl (C=O) groups is 1. The number of aliphatic hydroxyl groups is 11. The van der Waals surface area contributed by atoms with Crippen LogP contribution < -0.4 is 5.32 Å². The highest BCUT2D eigenvalue weighted by molar-refractivity contribution is 5.76. The van der Waals surface area contributed by atoms with Crippen LogP contribution in [-0.2, 0) is 33.2 Å². The summed E-state index contributed by atoms with van der Waals surface area (Å²) < 4.78 is 34.3. The van der Waals surface area contributed by atoms with Gasteiger partial charge in [-0.3, -0.25) is 4.79 Å². The number of unbranched alkanes of at least 4 members (excludes halogenated alkanes) is 20. The van der Waals surface area contributed by atoms with Gasteiger partial charge in [-0.05, 0) is 89.9 Å². The Morgan fingerprint density at radius 1 is 0.402 bits per heavy atom. The van der Waals surface area contributed by atoms with Crippen molar-refractivity contribution in [1.82, 2.24) is 5.32 Å². The number of nitrogens with one attached hydrogen (secondary N) is 1. The summed E-state index contributed by atoms with van der Waals surface area (Å²) in [6, 6.07) is -1.00. The third-order valence-corrected chi connectivity index (χ3v) is 16.8. The van der Waals surface area contributed by atoms with Gasteiger partial charge >= 0.3 is 0 Å². The number of allylic oxidation sites excluding steroid dienone is 17. The van der Waals surface area contributed by atoms with Gasteiger partial charge in [-0.1, -0.05) is 226 Å². The fourth-order valence-electron chi connectivity index (χ4n) is 11.1. The summed E-state index contributed by atoms with van der Waals surface area (Å²) in [6.45, 7) is 1.58. The number of hydrogen-bond donors (Lipinski definition) is 12. The molecule has 3 fully saturated rings. The first-order valence-electron chi connectivity index (χ1n) is 35.1. The lowest BCUT2D eigenvalue weighted by molar-refractivity contribution is -0.379. The molecule has 528 valence electrons. The van der Waals surface area contributed by atoms with E-state index in [2.05, 4.69) is 116 Å². The maximum absolute atomic E-state index is 13.4. The van der Waals surface area contributed by atoms with Crippen molar-refractivity contribution >= 4 is 5.91 Å². The first-order chi connectivity index (χ1) is 44.8. The molecular weight excluding hydrogens is 1180 g/mol. The van der Waals surface area contributed by atoms with Crippen LogP contribution in [0.2, 0.25) is 0 Å². The highest BCUT2D eigenvalue weighted by Gasteiger charge is 2.53. The third kappa shape index (κ3) is 34.9. The molecule has 3 aliphatic rings. The SMILES string of the molecule is CC/C=C\C/C=C\C/C=C\C/C=C\C/C=C\C/C=C\C/C=C\CCCCCCCCCC(=O)NC(COC1OC(CO)C(OC2OC(CO)C(OC3OC(CO)C(O)C(O)C3O)C(O)C2O)C(O)C1O)C(O)/C=C/CC/C=C/CCCCCCCCCCCCCC. The van der Waals surface area contributed by atoms with Crippen LogP contribution in [0.4, 0.5) is 0 Å². The van der Waals surface area contributed by atoms with Crippen molar-refractivity contribution in [3.63, 3.8) is 0 Å². The summed E-state index contributed by atoms with van der Waals surface area (Å²) in [6.07, 6.45) is 44.8. The Hall–Kier alpha value is -3.55. The van der Waals surface area contributed by atoms with E-state index >= 15 is 0 Å². The third-order valence-electron chi connectivity index (χ3n) is 16.8. The Bertz CT molecular complexity index is 2090. The molecule has 12 N–H and O–H groups in total. The standard InChI is InChI=1S/C73H123NO18/c1-3-5-7-9-11-13-15-17-19-21-23-24-25-26-27-28-29-30-31-32-33-35-37-39-41-43-45-47-49-51-61(79)74-56(57(78)50-48-46-44-42-40-38-36-34-22-20-18-16-14-12-10-8-6-4-2)55-87-71-67(85)64(82)69(59(53-76)89-71)92-73-68(86)65(83)70(60(54-77)90-73)91-72-66(84)63(81)62(80)58(52-75)88-72/h5,7,11,13,17,19,23-24,26-27,29-30,32-33,40,42,48,50,56-60,62-73,75-78,80-86H,3-4,6,8-10,12,14-16,18,20-22,25,28,31,34-39,41,43-47,49,51-55H2,1-2H3,(H,74,79)/b7-5-,13-11-,19-17-,24-23-,27-26-,30-29-,33-32-,42-40+,50-48+. The molecule has 0 aliphatic carbocycles. The topological polar surface area (TPSA) is 307 Å². The van der Waals surface area contributed by atoms with Crippen molar-refractivity contribution in [3.8, 4) is 0 Å². The van der Waals surface area contributed by atoms with Gasteiger partial charge in [0.15, 0.2) is 18.9 Å². The zero-order chi connectivity index (χ0) is 66.8. The molecule has 19 nitrogen and oxygen atoms in total. The van der Waals surface area contributed by atoms with E-state index in [1.54, 1.807) is 6.08 Å². The predicted octanol–water partition coefficient (Wildman–Crippen LogP) is 9.44. The summed E-state index contributed by atoms with van der Waals surface area (Å²) >= 11 is 0. The van der Waals surface area contributed by atoms with Crippen molar-refractivity contribution < 1.29 is 89.4 Å². The Balaban J connectivity index is 1.44. The Kier molecular flexibility index (Phi) is 48.1. The highest BCUT2D eigenvalue weighted by atomic mass is 16.8. The summed E-state index contributed by atoms with van der Waals surface area (Å²) in [5.41, 5.74) is 0. The molecule has 3 aliphatic heterocycles. The molecule has 0 aromatic carbocycles. The van der Waals surface area contributed by atoms with Gasteiger partial charge in [0.2, 0.25) is 5.91 Å². The molecule has 3 heterocycles. The van der Waals surface area contributed by atoms with Gasteiger partial charge in [-0.2, -0.15) is 0 Å². The van der Waals surface area contributed by atoms with Gasteiger partial charge in [-0.15, -0.1) is 0 Å². The zero-order valence-corrected chi connectivity index (χ0v) is 55.7. The molecule has 0 saturated carbocycles. The molecule has 17 unspecified atom stereocenters. The van der Waals surface area contributed by atoms with Crippen LogP contribution in [0, 0.1) is 0 Å². The summed E-state index contributed by atoms with van der Waals surface area (Å²) in [7, 11) is 0. The van der Waals surface area contributed by atoms with Gasteiger partial charge < -0.3 is 89.9 Å². The van der Waals surface area contributed by atoms with Crippen molar-refractivity contribution in [2.45, 2.75) is 317 Å². The van der Waals surface area contributed by atoms with Gasteiger partial charge in [0.25, 0.3) is 0 Å². The van der Waals surface area contributed by atoms with Crippen LogP contribution in [-0.4, -0.2) is 193 Å². The van der Waals surface area contributed by atoms with Crippen molar-refractivity contribution in [1.29, 1.82) is 0 Å². The van der Waals surface area contributed by atoms with E-state index in [1.165, 1.54) is 70.6 Å². The van der Waals surface area contributed by atoms with E-state index in [-0.39, 0.29) is 18.9 Å². The molecule has 0 spiro atoms. The summed E-state index contributed by atoms with van der Waals surface area (Å²) in [5, 5.41) is 121. The molecule has 3 saturated heterocycles. The van der Waals surface area contributed by atoms with E-state index in [0.29, 0.717) is 12.8 Å². The first-order valence-corrected chi connectivity index (χ1v) is 35.1. The molecule has 0 aromatic heterocycles. The van der Waals surface area contributed by atoms with Crippen molar-refractivity contribution in [2.24, 2.45) is 0 Å². The summed E-state index contributed by atoms with van der Waals surface area (Å²) in [4.78, 5) is 13.4. The minimum Gasteiger partial charge on any atom is -0.394 e. The maximum atomic E-state index is 13.4. The number of rotatable bonds is 52. The van der Waals surface area contributed by atoms with Crippen LogP contribution in [0.5, 0.6) is 0 Å². The van der Waals surface area contributed by atoms with Crippen LogP contribution in [0.15, 0.2) is 109 Å². The molecule has 92 heavy (non-hydrogen) atoms. The molecule has 0 aromatic rings.